The van der Waals surface area contributed by atoms with E-state index in [1.807, 2.05) is 0 Å². The molecule has 18 heteroatoms. The van der Waals surface area contributed by atoms with Crippen molar-refractivity contribution in [2.45, 2.75) is 6.92 Å². The normalized spacial score (nSPS) is 10.9. The Kier molecular flexibility index (Phi) is 7.42. The van der Waals surface area contributed by atoms with Crippen LogP contribution in [-0.2, 0) is 0 Å². The molecule has 2 aromatic carbocycles. The molecule has 0 spiro atoms. The van der Waals surface area contributed by atoms with Gasteiger partial charge in [0.2, 0.25) is 5.95 Å². The summed E-state index contributed by atoms with van der Waals surface area (Å²) in [6, 6.07) is 8.36. The van der Waals surface area contributed by atoms with Gasteiger partial charge in [-0.25, -0.2) is 28.6 Å². The van der Waals surface area contributed by atoms with Crippen LogP contribution < -0.4 is 5.32 Å². The van der Waals surface area contributed by atoms with Gasteiger partial charge in [-0.3, -0.25) is 0 Å². The highest BCUT2D eigenvalue weighted by molar-refractivity contribution is 5.95. The van der Waals surface area contributed by atoms with E-state index in [4.69, 9.17) is 11.7 Å². The molecule has 5 aromatic rings. The Morgan fingerprint density at radius 1 is 0.909 bits per heavy atom. The van der Waals surface area contributed by atoms with Crippen LogP contribution in [0.1, 0.15) is 36.8 Å². The van der Waals surface area contributed by atoms with E-state index in [1.54, 1.807) is 6.92 Å². The number of nitrogens with one attached hydrogen (secondary N) is 1. The number of carboxylic acid groups (broad SMARTS) is 3. The molecule has 3 heterocycles. The third-order valence-corrected chi connectivity index (χ3v) is 5.83. The maximum atomic E-state index is 11.4. The SMILES string of the molecule is [C-]#[N+]c1cnn(-c2ccc(C(=O)O)cc2)c1/N=N/c1cn(-c2nc(O)nc(Nc3cc(C(=O)O)cc(C(=O)O)c3)n2)nc1C. The fourth-order valence-corrected chi connectivity index (χ4v) is 3.78. The number of hydrogen-bond donors (Lipinski definition) is 5. The molecule has 0 aliphatic carbocycles. The number of rotatable bonds is 9. The van der Waals surface area contributed by atoms with Crippen molar-refractivity contribution in [2.24, 2.45) is 10.2 Å². The van der Waals surface area contributed by atoms with E-state index in [0.717, 1.165) is 22.9 Å². The van der Waals surface area contributed by atoms with Gasteiger partial charge in [0, 0.05) is 5.69 Å². The molecule has 0 saturated carbocycles. The van der Waals surface area contributed by atoms with Crippen LogP contribution >= 0.6 is 0 Å². The maximum absolute atomic E-state index is 11.4. The molecule has 0 bridgehead atoms. The Hall–Kier alpha value is -7.03. The summed E-state index contributed by atoms with van der Waals surface area (Å²) in [5.41, 5.74) is 0.587. The van der Waals surface area contributed by atoms with Crippen molar-refractivity contribution in [1.29, 1.82) is 0 Å². The molecule has 0 fully saturated rings. The van der Waals surface area contributed by atoms with Crippen LogP contribution in [0.2, 0.25) is 0 Å². The summed E-state index contributed by atoms with van der Waals surface area (Å²) < 4.78 is 2.48. The highest BCUT2D eigenvalue weighted by Crippen LogP contribution is 2.32. The molecule has 0 saturated heterocycles. The number of aromatic carboxylic acids is 3. The number of nitrogens with zero attached hydrogens (tertiary/aromatic N) is 10. The molecular formula is C26H17N11O7. The zero-order valence-corrected chi connectivity index (χ0v) is 22.2. The summed E-state index contributed by atoms with van der Waals surface area (Å²) in [6.45, 7) is 9.05. The van der Waals surface area contributed by atoms with E-state index >= 15 is 0 Å². The zero-order chi connectivity index (χ0) is 31.5. The van der Waals surface area contributed by atoms with Crippen LogP contribution in [0.5, 0.6) is 6.01 Å². The summed E-state index contributed by atoms with van der Waals surface area (Å²) in [4.78, 5) is 49.2. The molecule has 5 rings (SSSR count). The van der Waals surface area contributed by atoms with Crippen molar-refractivity contribution in [1.82, 2.24) is 34.5 Å². The number of carbonyl (C=O) groups is 3. The first-order valence-corrected chi connectivity index (χ1v) is 12.1. The van der Waals surface area contributed by atoms with Gasteiger partial charge >= 0.3 is 23.9 Å². The summed E-state index contributed by atoms with van der Waals surface area (Å²) in [6.07, 6.45) is 2.67. The molecule has 218 valence electrons. The van der Waals surface area contributed by atoms with Crippen LogP contribution in [0.25, 0.3) is 16.5 Å². The number of aromatic nitrogens is 7. The minimum absolute atomic E-state index is 0.0230. The highest BCUT2D eigenvalue weighted by atomic mass is 16.4. The lowest BCUT2D eigenvalue weighted by atomic mass is 10.1. The standard InChI is InChI=1S/C26H17N11O7/c1-12-19(33-34-20-18(27-2)10-28-37(20)17-5-3-13(4-6-17)21(38)39)11-36(35-12)25-30-24(31-26(44)32-25)29-16-8-14(22(40)41)7-15(9-16)23(42)43/h3-11H,1H3,(H,38,39)(H,40,41)(H,42,43)(H2,29,30,31,32,44)/b34-33+. The van der Waals surface area contributed by atoms with Gasteiger partial charge in [0.1, 0.15) is 5.69 Å². The summed E-state index contributed by atoms with van der Waals surface area (Å²) in [5.74, 6) is -4.16. The van der Waals surface area contributed by atoms with Crippen LogP contribution in [0.4, 0.5) is 28.8 Å². The third kappa shape index (κ3) is 5.86. The third-order valence-electron chi connectivity index (χ3n) is 5.83. The van der Waals surface area contributed by atoms with E-state index in [9.17, 15) is 29.7 Å². The Balaban J connectivity index is 1.45. The number of carboxylic acids is 3. The molecule has 0 aliphatic heterocycles. The fourth-order valence-electron chi connectivity index (χ4n) is 3.78. The molecule has 44 heavy (non-hydrogen) atoms. The van der Waals surface area contributed by atoms with Gasteiger partial charge in [-0.15, -0.1) is 10.2 Å². The van der Waals surface area contributed by atoms with E-state index in [-0.39, 0.29) is 51.5 Å². The maximum Gasteiger partial charge on any atom is 0.335 e. The lowest BCUT2D eigenvalue weighted by Crippen LogP contribution is -2.08. The Morgan fingerprint density at radius 3 is 2.18 bits per heavy atom. The topological polar surface area (TPSA) is 248 Å². The molecule has 5 N–H and O–H groups in total. The minimum atomic E-state index is -1.35. The summed E-state index contributed by atoms with van der Waals surface area (Å²) in [5, 5.41) is 57.3. The van der Waals surface area contributed by atoms with Crippen LogP contribution in [-0.4, -0.2) is 72.8 Å². The first-order chi connectivity index (χ1) is 21.0. The quantitative estimate of drug-likeness (QED) is 0.119. The zero-order valence-electron chi connectivity index (χ0n) is 22.2. The summed E-state index contributed by atoms with van der Waals surface area (Å²) >= 11 is 0. The second kappa shape index (κ2) is 11.5. The molecule has 0 radical (unpaired) electrons. The van der Waals surface area contributed by atoms with Crippen LogP contribution in [0.15, 0.2) is 65.1 Å². The number of anilines is 2. The van der Waals surface area contributed by atoms with Gasteiger partial charge < -0.3 is 25.7 Å². The molecule has 3 aromatic heterocycles. The van der Waals surface area contributed by atoms with Gasteiger partial charge in [-0.05, 0) is 49.4 Å². The molecule has 0 unspecified atom stereocenters. The number of aryl methyl sites for hydroxylation is 1. The van der Waals surface area contributed by atoms with Gasteiger partial charge in [0.25, 0.3) is 11.6 Å². The van der Waals surface area contributed by atoms with Crippen molar-refractivity contribution >= 4 is 46.7 Å². The number of azo groups is 1. The van der Waals surface area contributed by atoms with Crippen LogP contribution in [0, 0.1) is 13.5 Å². The lowest BCUT2D eigenvalue weighted by Gasteiger charge is -2.08. The second-order valence-corrected chi connectivity index (χ2v) is 8.77. The Bertz CT molecular complexity index is 1990. The van der Waals surface area contributed by atoms with Crippen molar-refractivity contribution in [3.8, 4) is 17.6 Å². The predicted octanol–water partition coefficient (Wildman–Crippen LogP) is 4.06. The van der Waals surface area contributed by atoms with Gasteiger partial charge in [-0.2, -0.15) is 25.1 Å². The molecule has 18 nitrogen and oxygen atoms in total. The van der Waals surface area contributed by atoms with Crippen molar-refractivity contribution in [3.63, 3.8) is 0 Å². The largest absolute Gasteiger partial charge is 0.479 e. The van der Waals surface area contributed by atoms with Crippen molar-refractivity contribution < 1.29 is 34.8 Å². The lowest BCUT2D eigenvalue weighted by molar-refractivity contribution is 0.0682. The molecule has 0 aliphatic rings. The number of aromatic hydroxyl groups is 1. The first kappa shape index (κ1) is 28.5. The van der Waals surface area contributed by atoms with Gasteiger partial charge in [-0.1, -0.05) is 0 Å². The monoisotopic (exact) mass is 595 g/mol. The first-order valence-electron chi connectivity index (χ1n) is 12.1. The van der Waals surface area contributed by atoms with E-state index in [1.165, 1.54) is 41.3 Å². The average Bonchev–Trinajstić information content (AvgIpc) is 3.58. The van der Waals surface area contributed by atoms with Gasteiger partial charge in [0.15, 0.2) is 5.82 Å². The number of hydrogen-bond acceptors (Lipinski definition) is 12. The minimum Gasteiger partial charge on any atom is -0.479 e. The molecular weight excluding hydrogens is 578 g/mol. The number of benzene rings is 2. The molecule has 0 amide bonds. The van der Waals surface area contributed by atoms with Gasteiger partial charge in [0.05, 0.1) is 47.0 Å². The predicted molar refractivity (Wildman–Crippen MR) is 148 cm³/mol. The van der Waals surface area contributed by atoms with Crippen molar-refractivity contribution in [2.75, 3.05) is 5.32 Å². The second-order valence-electron chi connectivity index (χ2n) is 8.77. The highest BCUT2D eigenvalue weighted by Gasteiger charge is 2.17. The van der Waals surface area contributed by atoms with E-state index < -0.39 is 23.9 Å². The Labute approximate surface area is 245 Å². The van der Waals surface area contributed by atoms with Crippen molar-refractivity contribution in [3.05, 3.63) is 88.7 Å². The molecule has 0 atom stereocenters. The smallest absolute Gasteiger partial charge is 0.335 e. The Morgan fingerprint density at radius 2 is 1.57 bits per heavy atom. The van der Waals surface area contributed by atoms with Crippen LogP contribution in [0.3, 0.4) is 0 Å². The summed E-state index contributed by atoms with van der Waals surface area (Å²) in [7, 11) is 0. The van der Waals surface area contributed by atoms with E-state index in [0.29, 0.717) is 11.4 Å². The fraction of sp³-hybridized carbons (Fsp3) is 0.0385. The van der Waals surface area contributed by atoms with E-state index in [2.05, 4.69) is 45.5 Å². The average molecular weight is 595 g/mol.